The molecule has 1 unspecified atom stereocenters. The molecule has 0 spiro atoms. The fourth-order valence-corrected chi connectivity index (χ4v) is 0. The first-order valence-electron chi connectivity index (χ1n) is 2.33. The summed E-state index contributed by atoms with van der Waals surface area (Å²) in [6.45, 7) is 1.04. The minimum absolute atomic E-state index is 0. The average molecular weight is 256 g/mol. The average Bonchev–Trinajstić information content (AvgIpc) is 1.59. The molecule has 0 aliphatic rings. The third-order valence-corrected chi connectivity index (χ3v) is 1.46. The third-order valence-electron chi connectivity index (χ3n) is 0.487. The molecule has 11 heteroatoms. The van der Waals surface area contributed by atoms with E-state index in [-0.39, 0.29) is 59.1 Å². The minimum atomic E-state index is -4.18. The number of aliphatic hydroxyl groups is 1. The van der Waals surface area contributed by atoms with E-state index < -0.39 is 21.7 Å². The Morgan fingerprint density at radius 1 is 1.23 bits per heavy atom. The Kier molecular flexibility index (Phi) is 23.2. The van der Waals surface area contributed by atoms with Gasteiger partial charge in [-0.3, -0.25) is 9.13 Å². The second-order valence-corrected chi connectivity index (χ2v) is 3.99. The summed E-state index contributed by atoms with van der Waals surface area (Å²) in [5.74, 6) is -1.53. The van der Waals surface area contributed by atoms with Crippen molar-refractivity contribution in [2.75, 3.05) is 0 Å². The molecule has 0 fully saturated rings. The van der Waals surface area contributed by atoms with E-state index in [0.29, 0.717) is 0 Å². The van der Waals surface area contributed by atoms with Crippen molar-refractivity contribution in [3.8, 4) is 0 Å². The van der Waals surface area contributed by atoms with Crippen LogP contribution in [0.25, 0.3) is 0 Å². The summed E-state index contributed by atoms with van der Waals surface area (Å²) in [6, 6.07) is 0. The van der Waals surface area contributed by atoms with Gasteiger partial charge in [-0.2, -0.15) is 0 Å². The van der Waals surface area contributed by atoms with Crippen LogP contribution in [-0.4, -0.2) is 89.6 Å². The van der Waals surface area contributed by atoms with Gasteiger partial charge in [-0.1, -0.05) is 0 Å². The summed E-state index contributed by atoms with van der Waals surface area (Å²) in [4.78, 5) is 30.2. The van der Waals surface area contributed by atoms with Gasteiger partial charge in [-0.25, -0.2) is 0 Å². The standard InChI is InChI=1S/C2H7O4P.2Na.H3O3P.2H/c1-2(3)7(4,5)6;;;1-4(2)3;;/h2-3H,1H3,(H2,4,5,6);;;4H,(H2,1,2,3);;. The summed E-state index contributed by atoms with van der Waals surface area (Å²) in [5, 5.41) is 8.13. The van der Waals surface area contributed by atoms with Crippen molar-refractivity contribution in [1.29, 1.82) is 0 Å². The Bertz CT molecular complexity index is 162. The van der Waals surface area contributed by atoms with Crippen molar-refractivity contribution < 1.29 is 33.8 Å². The number of aliphatic hydroxyl groups excluding tert-OH is 1. The second kappa shape index (κ2) is 12.3. The summed E-state index contributed by atoms with van der Waals surface area (Å²) < 4.78 is 18.5. The van der Waals surface area contributed by atoms with E-state index in [1.165, 1.54) is 0 Å². The molecule has 1 atom stereocenters. The molecule has 0 aromatic heterocycles. The van der Waals surface area contributed by atoms with Crippen molar-refractivity contribution >= 4 is 75.0 Å². The van der Waals surface area contributed by atoms with Gasteiger partial charge in [0.25, 0.3) is 0 Å². The molecule has 0 rings (SSSR count). The predicted octanol–water partition coefficient (Wildman–Crippen LogP) is -2.43. The van der Waals surface area contributed by atoms with E-state index in [9.17, 15) is 4.57 Å². The van der Waals surface area contributed by atoms with Crippen molar-refractivity contribution in [3.05, 3.63) is 0 Å². The fraction of sp³-hybridized carbons (Fsp3) is 1.00. The van der Waals surface area contributed by atoms with Crippen LogP contribution in [0.5, 0.6) is 0 Å². The van der Waals surface area contributed by atoms with Crippen molar-refractivity contribution in [3.63, 3.8) is 0 Å². The molecule has 0 aromatic carbocycles. The van der Waals surface area contributed by atoms with Gasteiger partial charge in [0.15, 0.2) is 5.85 Å². The Labute approximate surface area is 120 Å². The predicted molar refractivity (Wildman–Crippen MR) is 51.5 cm³/mol. The van der Waals surface area contributed by atoms with Gasteiger partial charge in [0, 0.05) is 0 Å². The zero-order valence-electron chi connectivity index (χ0n) is 5.58. The van der Waals surface area contributed by atoms with Gasteiger partial charge in [0.2, 0.25) is 0 Å². The zero-order chi connectivity index (χ0) is 9.65. The Morgan fingerprint density at radius 2 is 1.31 bits per heavy atom. The molecule has 5 N–H and O–H groups in total. The topological polar surface area (TPSA) is 135 Å². The second-order valence-electron chi connectivity index (χ2n) is 1.50. The summed E-state index contributed by atoms with van der Waals surface area (Å²) in [5.41, 5.74) is 0. The zero-order valence-corrected chi connectivity index (χ0v) is 7.47. The van der Waals surface area contributed by atoms with Crippen molar-refractivity contribution in [1.82, 2.24) is 0 Å². The molecule has 7 nitrogen and oxygen atoms in total. The SMILES string of the molecule is CC(O)P(=O)(O)O.O=[PH](O)O.[NaH].[NaH]. The Hall–Kier alpha value is 2.26. The van der Waals surface area contributed by atoms with Crippen LogP contribution in [0.4, 0.5) is 0 Å². The molecular weight excluding hydrogens is 244 g/mol. The molecule has 0 heterocycles. The van der Waals surface area contributed by atoms with Gasteiger partial charge >= 0.3 is 75.0 Å². The van der Waals surface area contributed by atoms with Gasteiger partial charge in [0.1, 0.15) is 0 Å². The molecule has 0 bridgehead atoms. The van der Waals surface area contributed by atoms with Crippen LogP contribution in [0.15, 0.2) is 0 Å². The molecular formula is C2H12Na2O7P2. The van der Waals surface area contributed by atoms with Crippen LogP contribution in [0, 0.1) is 0 Å². The van der Waals surface area contributed by atoms with E-state index >= 15 is 0 Å². The van der Waals surface area contributed by atoms with Crippen LogP contribution in [-0.2, 0) is 9.13 Å². The van der Waals surface area contributed by atoms with E-state index in [1.807, 2.05) is 0 Å². The van der Waals surface area contributed by atoms with Gasteiger partial charge in [-0.05, 0) is 6.92 Å². The van der Waals surface area contributed by atoms with Gasteiger partial charge in [-0.15, -0.1) is 0 Å². The molecule has 74 valence electrons. The van der Waals surface area contributed by atoms with Crippen LogP contribution in [0.3, 0.4) is 0 Å². The molecule has 0 saturated carbocycles. The quantitative estimate of drug-likeness (QED) is 0.260. The molecule has 0 radical (unpaired) electrons. The number of rotatable bonds is 1. The van der Waals surface area contributed by atoms with Crippen LogP contribution >= 0.6 is 15.9 Å². The maximum atomic E-state index is 9.78. The molecule has 13 heavy (non-hydrogen) atoms. The summed E-state index contributed by atoms with van der Waals surface area (Å²) in [7, 11) is -7.31. The first-order chi connectivity index (χ1) is 4.68. The van der Waals surface area contributed by atoms with Crippen LogP contribution in [0.2, 0.25) is 0 Å². The normalized spacial score (nSPS) is 11.6. The van der Waals surface area contributed by atoms with Crippen molar-refractivity contribution in [2.24, 2.45) is 0 Å². The molecule has 0 aliphatic carbocycles. The van der Waals surface area contributed by atoms with E-state index in [2.05, 4.69) is 0 Å². The summed E-state index contributed by atoms with van der Waals surface area (Å²) in [6.07, 6.45) is 0. The fourth-order valence-electron chi connectivity index (χ4n) is 0. The number of hydrogen-bond donors (Lipinski definition) is 5. The summed E-state index contributed by atoms with van der Waals surface area (Å²) >= 11 is 0. The van der Waals surface area contributed by atoms with Crippen LogP contribution < -0.4 is 0 Å². The van der Waals surface area contributed by atoms with Crippen LogP contribution in [0.1, 0.15) is 6.92 Å². The molecule has 0 aliphatic heterocycles. The molecule has 0 amide bonds. The number of hydrogen-bond acceptors (Lipinski definition) is 3. The Balaban J connectivity index is -0.0000000600. The molecule has 0 aromatic rings. The van der Waals surface area contributed by atoms with E-state index in [0.717, 1.165) is 6.92 Å². The maximum absolute atomic E-state index is 9.78. The van der Waals surface area contributed by atoms with Crippen molar-refractivity contribution in [2.45, 2.75) is 12.8 Å². The Morgan fingerprint density at radius 3 is 1.31 bits per heavy atom. The molecule has 0 saturated heterocycles. The third kappa shape index (κ3) is 31.4. The monoisotopic (exact) mass is 256 g/mol. The first-order valence-corrected chi connectivity index (χ1v) is 5.31. The van der Waals surface area contributed by atoms with E-state index in [4.69, 9.17) is 29.2 Å². The van der Waals surface area contributed by atoms with Gasteiger partial charge in [0.05, 0.1) is 0 Å². The van der Waals surface area contributed by atoms with Gasteiger partial charge < -0.3 is 24.7 Å². The van der Waals surface area contributed by atoms with E-state index in [1.54, 1.807) is 0 Å². The first kappa shape index (κ1) is 24.5.